The van der Waals surface area contributed by atoms with Crippen LogP contribution < -0.4 is 5.32 Å². The minimum absolute atomic E-state index is 0.346. The SMILES string of the molecule is CNC(C)(C)CCCC1CCCC1. The highest BCUT2D eigenvalue weighted by molar-refractivity contribution is 4.76. The lowest BCUT2D eigenvalue weighted by molar-refractivity contribution is 0.355. The number of rotatable bonds is 5. The highest BCUT2D eigenvalue weighted by Gasteiger charge is 2.17. The summed E-state index contributed by atoms with van der Waals surface area (Å²) < 4.78 is 0. The Morgan fingerprint density at radius 3 is 2.38 bits per heavy atom. The Balaban J connectivity index is 2.06. The molecule has 0 saturated heterocycles. The topological polar surface area (TPSA) is 12.0 Å². The molecular formula is C12H25N. The van der Waals surface area contributed by atoms with Gasteiger partial charge in [-0.15, -0.1) is 0 Å². The molecule has 1 nitrogen and oxygen atoms in total. The summed E-state index contributed by atoms with van der Waals surface area (Å²) in [4.78, 5) is 0. The molecule has 0 atom stereocenters. The predicted molar refractivity (Wildman–Crippen MR) is 58.9 cm³/mol. The second-order valence-electron chi connectivity index (χ2n) is 5.18. The fraction of sp³-hybridized carbons (Fsp3) is 1.00. The van der Waals surface area contributed by atoms with Crippen molar-refractivity contribution in [1.82, 2.24) is 5.32 Å². The van der Waals surface area contributed by atoms with Crippen molar-refractivity contribution in [1.29, 1.82) is 0 Å². The van der Waals surface area contributed by atoms with Gasteiger partial charge in [-0.25, -0.2) is 0 Å². The molecule has 78 valence electrons. The van der Waals surface area contributed by atoms with Crippen molar-refractivity contribution < 1.29 is 0 Å². The van der Waals surface area contributed by atoms with Crippen molar-refractivity contribution in [3.05, 3.63) is 0 Å². The van der Waals surface area contributed by atoms with Gasteiger partial charge in [0, 0.05) is 5.54 Å². The molecule has 0 bridgehead atoms. The first-order valence-corrected chi connectivity index (χ1v) is 5.83. The van der Waals surface area contributed by atoms with Crippen LogP contribution in [0.2, 0.25) is 0 Å². The average molecular weight is 183 g/mol. The summed E-state index contributed by atoms with van der Waals surface area (Å²) in [5, 5.41) is 3.37. The largest absolute Gasteiger partial charge is 0.315 e. The van der Waals surface area contributed by atoms with E-state index in [9.17, 15) is 0 Å². The molecule has 0 aromatic carbocycles. The van der Waals surface area contributed by atoms with Crippen molar-refractivity contribution in [2.75, 3.05) is 7.05 Å². The molecule has 1 heteroatoms. The molecule has 0 amide bonds. The molecule has 0 aromatic heterocycles. The van der Waals surface area contributed by atoms with Crippen LogP contribution in [-0.2, 0) is 0 Å². The number of nitrogens with one attached hydrogen (secondary N) is 1. The maximum atomic E-state index is 3.37. The van der Waals surface area contributed by atoms with Gasteiger partial charge in [-0.3, -0.25) is 0 Å². The second kappa shape index (κ2) is 4.99. The van der Waals surface area contributed by atoms with E-state index in [1.54, 1.807) is 0 Å². The average Bonchev–Trinajstić information content (AvgIpc) is 2.57. The number of hydrogen-bond acceptors (Lipinski definition) is 1. The molecule has 1 saturated carbocycles. The molecule has 0 radical (unpaired) electrons. The van der Waals surface area contributed by atoms with Crippen molar-refractivity contribution in [3.8, 4) is 0 Å². The monoisotopic (exact) mass is 183 g/mol. The Kier molecular flexibility index (Phi) is 4.24. The van der Waals surface area contributed by atoms with Crippen LogP contribution >= 0.6 is 0 Å². The second-order valence-corrected chi connectivity index (χ2v) is 5.18. The summed E-state index contributed by atoms with van der Waals surface area (Å²) in [6, 6.07) is 0. The smallest absolute Gasteiger partial charge is 0.0122 e. The van der Waals surface area contributed by atoms with Gasteiger partial charge in [-0.1, -0.05) is 38.5 Å². The van der Waals surface area contributed by atoms with Crippen LogP contribution in [0.25, 0.3) is 0 Å². The fourth-order valence-corrected chi connectivity index (χ4v) is 2.26. The van der Waals surface area contributed by atoms with Gasteiger partial charge in [0.05, 0.1) is 0 Å². The van der Waals surface area contributed by atoms with Gasteiger partial charge in [-0.05, 0) is 33.2 Å². The van der Waals surface area contributed by atoms with Crippen LogP contribution in [0, 0.1) is 5.92 Å². The van der Waals surface area contributed by atoms with Crippen LogP contribution in [0.1, 0.15) is 58.8 Å². The van der Waals surface area contributed by atoms with Gasteiger partial charge in [-0.2, -0.15) is 0 Å². The van der Waals surface area contributed by atoms with E-state index in [1.165, 1.54) is 44.9 Å². The lowest BCUT2D eigenvalue weighted by Gasteiger charge is -2.24. The first-order chi connectivity index (χ1) is 6.14. The Morgan fingerprint density at radius 2 is 1.85 bits per heavy atom. The van der Waals surface area contributed by atoms with Crippen molar-refractivity contribution in [3.63, 3.8) is 0 Å². The van der Waals surface area contributed by atoms with Crippen LogP contribution in [0.3, 0.4) is 0 Å². The summed E-state index contributed by atoms with van der Waals surface area (Å²) in [6.07, 6.45) is 10.2. The molecule has 1 aliphatic rings. The van der Waals surface area contributed by atoms with Crippen molar-refractivity contribution in [2.24, 2.45) is 5.92 Å². The molecule has 0 unspecified atom stereocenters. The zero-order chi connectivity index (χ0) is 9.73. The van der Waals surface area contributed by atoms with Gasteiger partial charge in [0.15, 0.2) is 0 Å². The summed E-state index contributed by atoms with van der Waals surface area (Å²) in [5.41, 5.74) is 0.346. The fourth-order valence-electron chi connectivity index (χ4n) is 2.26. The Hall–Kier alpha value is -0.0400. The van der Waals surface area contributed by atoms with Crippen LogP contribution in [0.15, 0.2) is 0 Å². The van der Waals surface area contributed by atoms with Gasteiger partial charge in [0.1, 0.15) is 0 Å². The van der Waals surface area contributed by atoms with E-state index in [0.29, 0.717) is 5.54 Å². The maximum absolute atomic E-state index is 3.37. The summed E-state index contributed by atoms with van der Waals surface area (Å²) in [6.45, 7) is 4.59. The third-order valence-electron chi connectivity index (χ3n) is 3.57. The number of hydrogen-bond donors (Lipinski definition) is 1. The van der Waals surface area contributed by atoms with E-state index in [1.807, 2.05) is 0 Å². The molecule has 13 heavy (non-hydrogen) atoms. The first kappa shape index (κ1) is 11.0. The molecule has 1 rings (SSSR count). The summed E-state index contributed by atoms with van der Waals surface area (Å²) >= 11 is 0. The highest BCUT2D eigenvalue weighted by atomic mass is 14.9. The van der Waals surface area contributed by atoms with Crippen LogP contribution in [0.5, 0.6) is 0 Å². The molecular weight excluding hydrogens is 158 g/mol. The van der Waals surface area contributed by atoms with Crippen LogP contribution in [-0.4, -0.2) is 12.6 Å². The lowest BCUT2D eigenvalue weighted by atomic mass is 9.93. The van der Waals surface area contributed by atoms with E-state index in [2.05, 4.69) is 26.2 Å². The minimum atomic E-state index is 0.346. The predicted octanol–water partition coefficient (Wildman–Crippen LogP) is 3.34. The molecule has 0 aliphatic heterocycles. The highest BCUT2D eigenvalue weighted by Crippen LogP contribution is 2.29. The van der Waals surface area contributed by atoms with Gasteiger partial charge in [0.25, 0.3) is 0 Å². The van der Waals surface area contributed by atoms with Gasteiger partial charge in [0.2, 0.25) is 0 Å². The lowest BCUT2D eigenvalue weighted by Crippen LogP contribution is -2.35. The molecule has 0 heterocycles. The Morgan fingerprint density at radius 1 is 1.23 bits per heavy atom. The van der Waals surface area contributed by atoms with Crippen molar-refractivity contribution >= 4 is 0 Å². The van der Waals surface area contributed by atoms with Crippen LogP contribution in [0.4, 0.5) is 0 Å². The minimum Gasteiger partial charge on any atom is -0.315 e. The first-order valence-electron chi connectivity index (χ1n) is 5.83. The zero-order valence-electron chi connectivity index (χ0n) is 9.53. The normalized spacial score (nSPS) is 19.6. The third kappa shape index (κ3) is 4.12. The standard InChI is InChI=1S/C12H25N/c1-12(2,13-3)10-6-9-11-7-4-5-8-11/h11,13H,4-10H2,1-3H3. The van der Waals surface area contributed by atoms with Crippen molar-refractivity contribution in [2.45, 2.75) is 64.3 Å². The molecule has 1 fully saturated rings. The Bertz CT molecular complexity index is 134. The maximum Gasteiger partial charge on any atom is 0.0122 e. The van der Waals surface area contributed by atoms with E-state index >= 15 is 0 Å². The van der Waals surface area contributed by atoms with Gasteiger partial charge < -0.3 is 5.32 Å². The quantitative estimate of drug-likeness (QED) is 0.689. The zero-order valence-corrected chi connectivity index (χ0v) is 9.53. The molecule has 1 aliphatic carbocycles. The van der Waals surface area contributed by atoms with E-state index in [0.717, 1.165) is 5.92 Å². The molecule has 0 spiro atoms. The summed E-state index contributed by atoms with van der Waals surface area (Å²) in [5.74, 6) is 1.06. The van der Waals surface area contributed by atoms with E-state index in [4.69, 9.17) is 0 Å². The third-order valence-corrected chi connectivity index (χ3v) is 3.57. The summed E-state index contributed by atoms with van der Waals surface area (Å²) in [7, 11) is 2.07. The van der Waals surface area contributed by atoms with Gasteiger partial charge >= 0.3 is 0 Å². The molecule has 1 N–H and O–H groups in total. The van der Waals surface area contributed by atoms with E-state index in [-0.39, 0.29) is 0 Å². The van der Waals surface area contributed by atoms with E-state index < -0.39 is 0 Å². The molecule has 0 aromatic rings. The Labute approximate surface area is 83.3 Å².